The van der Waals surface area contributed by atoms with E-state index in [1.165, 1.54) is 26.0 Å². The zero-order valence-electron chi connectivity index (χ0n) is 14.0. The second kappa shape index (κ2) is 8.21. The fourth-order valence-corrected chi connectivity index (χ4v) is 2.16. The number of ether oxygens (including phenoxy) is 1. The van der Waals surface area contributed by atoms with E-state index in [0.717, 1.165) is 0 Å². The number of aliphatic hydroxyl groups is 1. The van der Waals surface area contributed by atoms with E-state index in [1.54, 1.807) is 36.4 Å². The number of carbonyl (C=O) groups is 3. The van der Waals surface area contributed by atoms with Gasteiger partial charge in [0.25, 0.3) is 5.91 Å². The van der Waals surface area contributed by atoms with E-state index >= 15 is 0 Å². The number of aliphatic hydroxyl groups excluding tert-OH is 1. The number of para-hydroxylation sites is 1. The number of nitrogens with one attached hydrogen (secondary N) is 1. The van der Waals surface area contributed by atoms with Crippen LogP contribution in [-0.4, -0.2) is 28.9 Å². The third-order valence-electron chi connectivity index (χ3n) is 3.59. The minimum absolute atomic E-state index is 0.121. The maximum absolute atomic E-state index is 12.2. The van der Waals surface area contributed by atoms with Crippen molar-refractivity contribution < 1.29 is 24.2 Å². The molecule has 1 atom stereocenters. The van der Waals surface area contributed by atoms with Gasteiger partial charge in [0.15, 0.2) is 11.9 Å². The number of hydrogen-bond acceptors (Lipinski definition) is 5. The summed E-state index contributed by atoms with van der Waals surface area (Å²) in [6, 6.07) is 12.9. The van der Waals surface area contributed by atoms with Crippen molar-refractivity contribution in [1.82, 2.24) is 0 Å². The predicted molar refractivity (Wildman–Crippen MR) is 92.3 cm³/mol. The van der Waals surface area contributed by atoms with Crippen LogP contribution in [0.2, 0.25) is 0 Å². The van der Waals surface area contributed by atoms with Crippen LogP contribution in [0.15, 0.2) is 48.5 Å². The first-order valence-corrected chi connectivity index (χ1v) is 7.74. The van der Waals surface area contributed by atoms with Gasteiger partial charge in [-0.25, -0.2) is 4.79 Å². The van der Waals surface area contributed by atoms with E-state index < -0.39 is 18.0 Å². The van der Waals surface area contributed by atoms with Crippen LogP contribution in [-0.2, 0) is 16.1 Å². The molecule has 0 spiro atoms. The normalized spacial score (nSPS) is 11.5. The largest absolute Gasteiger partial charge is 0.449 e. The molecular formula is C19H19NO5. The van der Waals surface area contributed by atoms with E-state index in [-0.39, 0.29) is 18.0 Å². The van der Waals surface area contributed by atoms with Crippen molar-refractivity contribution in [3.05, 3.63) is 65.2 Å². The van der Waals surface area contributed by atoms with Gasteiger partial charge in [0.05, 0.1) is 17.9 Å². The molecule has 0 aliphatic rings. The molecule has 0 aliphatic heterocycles. The molecule has 0 unspecified atom stereocenters. The van der Waals surface area contributed by atoms with Crippen LogP contribution in [0.5, 0.6) is 0 Å². The maximum Gasteiger partial charge on any atom is 0.338 e. The van der Waals surface area contributed by atoms with Gasteiger partial charge in [-0.1, -0.05) is 24.3 Å². The monoisotopic (exact) mass is 341 g/mol. The molecule has 0 bridgehead atoms. The van der Waals surface area contributed by atoms with Gasteiger partial charge in [0.1, 0.15) is 0 Å². The lowest BCUT2D eigenvalue weighted by atomic mass is 10.1. The lowest BCUT2D eigenvalue weighted by Crippen LogP contribution is -2.30. The first-order valence-electron chi connectivity index (χ1n) is 7.74. The predicted octanol–water partition coefficient (Wildman–Crippen LogP) is 2.57. The maximum atomic E-state index is 12.2. The van der Waals surface area contributed by atoms with Crippen LogP contribution in [0.25, 0.3) is 0 Å². The Hall–Kier alpha value is -2.99. The molecule has 0 fully saturated rings. The molecule has 0 heterocycles. The minimum atomic E-state index is -1.04. The molecule has 0 radical (unpaired) electrons. The Morgan fingerprint density at radius 3 is 2.32 bits per heavy atom. The zero-order chi connectivity index (χ0) is 18.4. The average Bonchev–Trinajstić information content (AvgIpc) is 2.61. The molecule has 0 saturated heterocycles. The number of esters is 1. The van der Waals surface area contributed by atoms with Crippen LogP contribution >= 0.6 is 0 Å². The Labute approximate surface area is 145 Å². The lowest BCUT2D eigenvalue weighted by Gasteiger charge is -2.15. The highest BCUT2D eigenvalue weighted by Crippen LogP contribution is 2.16. The fourth-order valence-electron chi connectivity index (χ4n) is 2.16. The van der Waals surface area contributed by atoms with Gasteiger partial charge in [0, 0.05) is 5.56 Å². The molecule has 2 aromatic rings. The van der Waals surface area contributed by atoms with Gasteiger partial charge in [-0.2, -0.15) is 0 Å². The highest BCUT2D eigenvalue weighted by molar-refractivity contribution is 6.05. The number of amides is 1. The van der Waals surface area contributed by atoms with Crippen molar-refractivity contribution in [1.29, 1.82) is 0 Å². The first-order chi connectivity index (χ1) is 11.9. The Bertz CT molecular complexity index is 783. The number of rotatable bonds is 6. The Morgan fingerprint density at radius 1 is 1.08 bits per heavy atom. The minimum Gasteiger partial charge on any atom is -0.449 e. The number of ketones is 1. The quantitative estimate of drug-likeness (QED) is 0.622. The summed E-state index contributed by atoms with van der Waals surface area (Å²) in [5, 5.41) is 11.6. The molecule has 130 valence electrons. The molecule has 6 nitrogen and oxygen atoms in total. The molecule has 1 amide bonds. The van der Waals surface area contributed by atoms with E-state index in [1.807, 2.05) is 0 Å². The molecule has 6 heteroatoms. The Morgan fingerprint density at radius 2 is 1.72 bits per heavy atom. The summed E-state index contributed by atoms with van der Waals surface area (Å²) in [5.74, 6) is -1.36. The van der Waals surface area contributed by atoms with Gasteiger partial charge in [-0.15, -0.1) is 0 Å². The third kappa shape index (κ3) is 4.74. The standard InChI is InChI=1S/C19H19NO5/c1-12(22)16-5-3-4-6-17(16)20-18(23)13(2)25-19(24)15-9-7-14(11-21)8-10-15/h3-10,13,21H,11H2,1-2H3,(H,20,23)/t13-/m0/s1. The van der Waals surface area contributed by atoms with E-state index in [4.69, 9.17) is 9.84 Å². The smallest absolute Gasteiger partial charge is 0.338 e. The Kier molecular flexibility index (Phi) is 6.03. The van der Waals surface area contributed by atoms with E-state index in [2.05, 4.69) is 5.32 Å². The summed E-state index contributed by atoms with van der Waals surface area (Å²) in [6.45, 7) is 2.74. The molecule has 2 rings (SSSR count). The molecular weight excluding hydrogens is 322 g/mol. The SMILES string of the molecule is CC(=O)c1ccccc1NC(=O)[C@H](C)OC(=O)c1ccc(CO)cc1. The van der Waals surface area contributed by atoms with Crippen molar-refractivity contribution in [2.45, 2.75) is 26.6 Å². The van der Waals surface area contributed by atoms with Gasteiger partial charge in [0.2, 0.25) is 0 Å². The summed E-state index contributed by atoms with van der Waals surface area (Å²) in [4.78, 5) is 35.9. The van der Waals surface area contributed by atoms with Gasteiger partial charge in [-0.05, 0) is 43.7 Å². The first kappa shape index (κ1) is 18.4. The summed E-state index contributed by atoms with van der Waals surface area (Å²) in [7, 11) is 0. The van der Waals surface area contributed by atoms with Crippen molar-refractivity contribution in [2.75, 3.05) is 5.32 Å². The number of anilines is 1. The molecule has 0 aromatic heterocycles. The second-order valence-corrected chi connectivity index (χ2v) is 5.49. The van der Waals surface area contributed by atoms with Gasteiger partial charge in [-0.3, -0.25) is 9.59 Å². The van der Waals surface area contributed by atoms with Crippen LogP contribution < -0.4 is 5.32 Å². The third-order valence-corrected chi connectivity index (χ3v) is 3.59. The van der Waals surface area contributed by atoms with Crippen molar-refractivity contribution >= 4 is 23.3 Å². The van der Waals surface area contributed by atoms with E-state index in [9.17, 15) is 14.4 Å². The summed E-state index contributed by atoms with van der Waals surface area (Å²) >= 11 is 0. The van der Waals surface area contributed by atoms with Gasteiger partial charge >= 0.3 is 5.97 Å². The molecule has 0 aliphatic carbocycles. The van der Waals surface area contributed by atoms with Crippen LogP contribution in [0, 0.1) is 0 Å². The summed E-state index contributed by atoms with van der Waals surface area (Å²) in [5.41, 5.74) is 1.70. The highest BCUT2D eigenvalue weighted by atomic mass is 16.5. The second-order valence-electron chi connectivity index (χ2n) is 5.49. The molecule has 0 saturated carbocycles. The van der Waals surface area contributed by atoms with Crippen molar-refractivity contribution in [2.24, 2.45) is 0 Å². The summed E-state index contributed by atoms with van der Waals surface area (Å²) in [6.07, 6.45) is -1.04. The van der Waals surface area contributed by atoms with Crippen molar-refractivity contribution in [3.63, 3.8) is 0 Å². The van der Waals surface area contributed by atoms with Gasteiger partial charge < -0.3 is 15.2 Å². The number of benzene rings is 2. The summed E-state index contributed by atoms with van der Waals surface area (Å²) < 4.78 is 5.15. The van der Waals surface area contributed by atoms with E-state index in [0.29, 0.717) is 16.8 Å². The lowest BCUT2D eigenvalue weighted by molar-refractivity contribution is -0.123. The molecule has 2 aromatic carbocycles. The Balaban J connectivity index is 2.02. The number of hydrogen-bond donors (Lipinski definition) is 2. The highest BCUT2D eigenvalue weighted by Gasteiger charge is 2.20. The average molecular weight is 341 g/mol. The van der Waals surface area contributed by atoms with Crippen LogP contribution in [0.4, 0.5) is 5.69 Å². The number of carbonyl (C=O) groups excluding carboxylic acids is 3. The topological polar surface area (TPSA) is 92.7 Å². The molecule has 25 heavy (non-hydrogen) atoms. The zero-order valence-corrected chi connectivity index (χ0v) is 14.0. The number of Topliss-reactive ketones (excluding diaryl/α,β-unsaturated/α-hetero) is 1. The fraction of sp³-hybridized carbons (Fsp3) is 0.211. The van der Waals surface area contributed by atoms with Crippen LogP contribution in [0.3, 0.4) is 0 Å². The molecule has 2 N–H and O–H groups in total. The van der Waals surface area contributed by atoms with Crippen molar-refractivity contribution in [3.8, 4) is 0 Å². The van der Waals surface area contributed by atoms with Crippen LogP contribution in [0.1, 0.15) is 40.1 Å².